The quantitative estimate of drug-likeness (QED) is 0.667. The Morgan fingerprint density at radius 2 is 2.25 bits per heavy atom. The van der Waals surface area contributed by atoms with Gasteiger partial charge in [0.05, 0.1) is 10.6 Å². The molecule has 0 radical (unpaired) electrons. The van der Waals surface area contributed by atoms with Crippen molar-refractivity contribution in [2.75, 3.05) is 0 Å². The maximum absolute atomic E-state index is 4.18. The summed E-state index contributed by atoms with van der Waals surface area (Å²) in [4.78, 5) is 9.29. The molecule has 0 aliphatic rings. The first-order valence-electron chi connectivity index (χ1n) is 3.68. The zero-order valence-electron chi connectivity index (χ0n) is 6.69. The topological polar surface area (TPSA) is 25.8 Å². The summed E-state index contributed by atoms with van der Waals surface area (Å²) >= 11 is 1.71. The van der Waals surface area contributed by atoms with E-state index < -0.39 is 0 Å². The number of hydrogen-bond donors (Lipinski definition) is 0. The van der Waals surface area contributed by atoms with Crippen molar-refractivity contribution in [2.45, 2.75) is 6.92 Å². The van der Waals surface area contributed by atoms with Crippen LogP contribution in [0.1, 0.15) is 5.56 Å². The molecule has 0 aromatic carbocycles. The third kappa shape index (κ3) is 1.23. The second-order valence-corrected chi connectivity index (χ2v) is 3.44. The Morgan fingerprint density at radius 1 is 1.33 bits per heavy atom. The van der Waals surface area contributed by atoms with Crippen LogP contribution in [0.3, 0.4) is 0 Å². The fourth-order valence-corrected chi connectivity index (χ4v) is 1.96. The fraction of sp³-hybridized carbons (Fsp3) is 0.111. The lowest BCUT2D eigenvalue weighted by atomic mass is 10.2. The monoisotopic (exact) mass is 176 g/mol. The van der Waals surface area contributed by atoms with Crippen molar-refractivity contribution in [3.05, 3.63) is 35.6 Å². The molecule has 0 atom stereocenters. The van der Waals surface area contributed by atoms with E-state index >= 15 is 0 Å². The molecule has 2 aromatic rings. The van der Waals surface area contributed by atoms with Crippen LogP contribution >= 0.6 is 11.3 Å². The molecule has 12 heavy (non-hydrogen) atoms. The molecule has 3 heteroatoms. The zero-order valence-corrected chi connectivity index (χ0v) is 7.51. The van der Waals surface area contributed by atoms with Crippen LogP contribution in [0.4, 0.5) is 0 Å². The number of thiophene rings is 1. The second-order valence-electron chi connectivity index (χ2n) is 2.53. The van der Waals surface area contributed by atoms with Crippen molar-refractivity contribution < 1.29 is 0 Å². The number of nitrogens with zero attached hydrogens (tertiary/aromatic N) is 2. The van der Waals surface area contributed by atoms with E-state index in [-0.39, 0.29) is 0 Å². The highest BCUT2D eigenvalue weighted by molar-refractivity contribution is 7.13. The SMILES string of the molecule is Cc1ccsc1-c1ccncn1. The molecule has 2 nitrogen and oxygen atoms in total. The predicted molar refractivity (Wildman–Crippen MR) is 50.1 cm³/mol. The first-order valence-corrected chi connectivity index (χ1v) is 4.56. The predicted octanol–water partition coefficient (Wildman–Crippen LogP) is 2.51. The number of rotatable bonds is 1. The normalized spacial score (nSPS) is 10.1. The molecule has 0 aliphatic heterocycles. The summed E-state index contributed by atoms with van der Waals surface area (Å²) in [5, 5.41) is 2.08. The zero-order chi connectivity index (χ0) is 8.39. The first-order chi connectivity index (χ1) is 5.88. The van der Waals surface area contributed by atoms with Crippen molar-refractivity contribution in [3.63, 3.8) is 0 Å². The lowest BCUT2D eigenvalue weighted by molar-refractivity contribution is 1.17. The van der Waals surface area contributed by atoms with Gasteiger partial charge in [0, 0.05) is 6.20 Å². The van der Waals surface area contributed by atoms with Gasteiger partial charge in [-0.15, -0.1) is 11.3 Å². The van der Waals surface area contributed by atoms with Gasteiger partial charge in [-0.05, 0) is 30.0 Å². The Labute approximate surface area is 74.9 Å². The summed E-state index contributed by atoms with van der Waals surface area (Å²) in [7, 11) is 0. The highest BCUT2D eigenvalue weighted by Crippen LogP contribution is 2.26. The van der Waals surface area contributed by atoms with Crippen LogP contribution in [0.2, 0.25) is 0 Å². The molecule has 0 bridgehead atoms. The smallest absolute Gasteiger partial charge is 0.116 e. The van der Waals surface area contributed by atoms with Crippen molar-refractivity contribution in [2.24, 2.45) is 0 Å². The number of hydrogen-bond acceptors (Lipinski definition) is 3. The molecule has 0 unspecified atom stereocenters. The van der Waals surface area contributed by atoms with E-state index in [0.717, 1.165) is 5.69 Å². The molecular weight excluding hydrogens is 168 g/mol. The average Bonchev–Trinajstić information content (AvgIpc) is 2.53. The van der Waals surface area contributed by atoms with Crippen LogP contribution in [-0.2, 0) is 0 Å². The Kier molecular flexibility index (Phi) is 1.87. The number of aryl methyl sites for hydroxylation is 1. The van der Waals surface area contributed by atoms with Crippen LogP contribution in [-0.4, -0.2) is 9.97 Å². The average molecular weight is 176 g/mol. The molecule has 60 valence electrons. The van der Waals surface area contributed by atoms with Gasteiger partial charge in [-0.1, -0.05) is 0 Å². The molecule has 0 saturated heterocycles. The first kappa shape index (κ1) is 7.43. The molecular formula is C9H8N2S. The molecule has 0 aliphatic carbocycles. The van der Waals surface area contributed by atoms with Gasteiger partial charge in [-0.25, -0.2) is 9.97 Å². The van der Waals surface area contributed by atoms with Gasteiger partial charge in [-0.3, -0.25) is 0 Å². The summed E-state index contributed by atoms with van der Waals surface area (Å²) in [5.74, 6) is 0. The molecule has 0 amide bonds. The van der Waals surface area contributed by atoms with Gasteiger partial charge in [0.25, 0.3) is 0 Å². The van der Waals surface area contributed by atoms with Crippen molar-refractivity contribution >= 4 is 11.3 Å². The molecule has 0 saturated carbocycles. The third-order valence-corrected chi connectivity index (χ3v) is 2.72. The molecule has 2 rings (SSSR count). The van der Waals surface area contributed by atoms with E-state index in [1.165, 1.54) is 10.4 Å². The van der Waals surface area contributed by atoms with E-state index in [1.54, 1.807) is 23.9 Å². The molecule has 0 spiro atoms. The van der Waals surface area contributed by atoms with Crippen molar-refractivity contribution in [1.29, 1.82) is 0 Å². The van der Waals surface area contributed by atoms with Gasteiger partial charge in [-0.2, -0.15) is 0 Å². The van der Waals surface area contributed by atoms with Crippen LogP contribution in [0, 0.1) is 6.92 Å². The van der Waals surface area contributed by atoms with E-state index in [4.69, 9.17) is 0 Å². The van der Waals surface area contributed by atoms with Gasteiger partial charge in [0.2, 0.25) is 0 Å². The Morgan fingerprint density at radius 3 is 2.83 bits per heavy atom. The summed E-state index contributed by atoms with van der Waals surface area (Å²) in [5.41, 5.74) is 2.29. The standard InChI is InChI=1S/C9H8N2S/c1-7-3-5-12-9(7)8-2-4-10-6-11-8/h2-6H,1H3. The van der Waals surface area contributed by atoms with Gasteiger partial charge in [0.15, 0.2) is 0 Å². The molecule has 2 heterocycles. The highest BCUT2D eigenvalue weighted by atomic mass is 32.1. The van der Waals surface area contributed by atoms with Crippen molar-refractivity contribution in [3.8, 4) is 10.6 Å². The van der Waals surface area contributed by atoms with Crippen LogP contribution in [0.25, 0.3) is 10.6 Å². The lowest BCUT2D eigenvalue weighted by Gasteiger charge is -1.95. The summed E-state index contributed by atoms with van der Waals surface area (Å²) in [6.07, 6.45) is 3.34. The van der Waals surface area contributed by atoms with Crippen LogP contribution in [0.15, 0.2) is 30.0 Å². The summed E-state index contributed by atoms with van der Waals surface area (Å²) < 4.78 is 0. The van der Waals surface area contributed by atoms with Gasteiger partial charge in [0.1, 0.15) is 6.33 Å². The van der Waals surface area contributed by atoms with E-state index in [1.807, 2.05) is 6.07 Å². The highest BCUT2D eigenvalue weighted by Gasteiger charge is 2.02. The van der Waals surface area contributed by atoms with Crippen LogP contribution < -0.4 is 0 Å². The molecule has 0 fully saturated rings. The Hall–Kier alpha value is -1.22. The number of aromatic nitrogens is 2. The van der Waals surface area contributed by atoms with E-state index in [0.29, 0.717) is 0 Å². The largest absolute Gasteiger partial charge is 0.245 e. The van der Waals surface area contributed by atoms with E-state index in [9.17, 15) is 0 Å². The maximum Gasteiger partial charge on any atom is 0.116 e. The summed E-state index contributed by atoms with van der Waals surface area (Å²) in [6, 6.07) is 4.03. The minimum Gasteiger partial charge on any atom is -0.245 e. The minimum atomic E-state index is 1.01. The lowest BCUT2D eigenvalue weighted by Crippen LogP contribution is -1.81. The van der Waals surface area contributed by atoms with Gasteiger partial charge >= 0.3 is 0 Å². The second kappa shape index (κ2) is 3.03. The maximum atomic E-state index is 4.18. The Bertz CT molecular complexity index is 367. The summed E-state index contributed by atoms with van der Waals surface area (Å²) in [6.45, 7) is 2.09. The molecule has 2 aromatic heterocycles. The molecule has 0 N–H and O–H groups in total. The Balaban J connectivity index is 2.51. The van der Waals surface area contributed by atoms with E-state index in [2.05, 4.69) is 28.3 Å². The fourth-order valence-electron chi connectivity index (χ4n) is 1.06. The van der Waals surface area contributed by atoms with Crippen molar-refractivity contribution in [1.82, 2.24) is 9.97 Å². The van der Waals surface area contributed by atoms with Crippen LogP contribution in [0.5, 0.6) is 0 Å². The third-order valence-electron chi connectivity index (χ3n) is 1.68. The minimum absolute atomic E-state index is 1.01. The van der Waals surface area contributed by atoms with Gasteiger partial charge < -0.3 is 0 Å².